The Morgan fingerprint density at radius 2 is 1.86 bits per heavy atom. The molecule has 0 radical (unpaired) electrons. The summed E-state index contributed by atoms with van der Waals surface area (Å²) in [7, 11) is 0. The number of hydrogen-bond acceptors (Lipinski definition) is 9. The average Bonchev–Trinajstić information content (AvgIpc) is 3.82. The van der Waals surface area contributed by atoms with Crippen LogP contribution in [0.1, 0.15) is 78.9 Å². The normalized spacial score (nSPS) is 17.3. The van der Waals surface area contributed by atoms with Crippen LogP contribution in [-0.2, 0) is 27.3 Å². The maximum Gasteiger partial charge on any atom is 0.255 e. The number of nitrogens with one attached hydrogen (secondary N) is 1. The molecule has 294 valence electrons. The highest BCUT2D eigenvalue weighted by Gasteiger charge is 2.39. The first kappa shape index (κ1) is 39.6. The van der Waals surface area contributed by atoms with Gasteiger partial charge in [0.15, 0.2) is 11.6 Å². The van der Waals surface area contributed by atoms with Gasteiger partial charge in [0.05, 0.1) is 23.9 Å². The molecule has 56 heavy (non-hydrogen) atoms. The molecule has 2 aromatic heterocycles. The molecule has 0 spiro atoms. The zero-order valence-electron chi connectivity index (χ0n) is 30.6. The Hall–Kier alpha value is -4.66. The summed E-state index contributed by atoms with van der Waals surface area (Å²) in [6.07, 6.45) is 11.0. The lowest BCUT2D eigenvalue weighted by Gasteiger charge is -2.32. The molecule has 0 bridgehead atoms. The van der Waals surface area contributed by atoms with Gasteiger partial charge in [0.25, 0.3) is 5.91 Å². The number of ether oxygens (including phenoxy) is 1. The van der Waals surface area contributed by atoms with Crippen LogP contribution in [0.3, 0.4) is 0 Å². The molecule has 5 heterocycles. The largest absolute Gasteiger partial charge is 0.489 e. The van der Waals surface area contributed by atoms with Crippen LogP contribution in [0.5, 0.6) is 5.75 Å². The molecular formula is C40H42Cl2FN7O5S. The molecule has 7 rings (SSSR count). The average molecular weight is 823 g/mol. The summed E-state index contributed by atoms with van der Waals surface area (Å²) in [4.78, 5) is 59.1. The van der Waals surface area contributed by atoms with Gasteiger partial charge >= 0.3 is 0 Å². The summed E-state index contributed by atoms with van der Waals surface area (Å²) >= 11 is 14.0. The predicted octanol–water partition coefficient (Wildman–Crippen LogP) is 6.87. The molecule has 0 unspecified atom stereocenters. The Bertz CT molecular complexity index is 2140. The zero-order valence-corrected chi connectivity index (χ0v) is 33.0. The highest BCUT2D eigenvalue weighted by molar-refractivity contribution is 7.99. The van der Waals surface area contributed by atoms with Crippen molar-refractivity contribution in [3.63, 3.8) is 0 Å². The van der Waals surface area contributed by atoms with E-state index in [9.17, 15) is 23.6 Å². The molecule has 0 saturated carbocycles. The van der Waals surface area contributed by atoms with Crippen LogP contribution in [0.2, 0.25) is 10.0 Å². The maximum absolute atomic E-state index is 13.9. The second kappa shape index (κ2) is 17.6. The fourth-order valence-corrected chi connectivity index (χ4v) is 9.10. The second-order valence-electron chi connectivity index (χ2n) is 14.2. The van der Waals surface area contributed by atoms with Gasteiger partial charge in [-0.1, -0.05) is 35.7 Å². The Balaban J connectivity index is 0.823. The number of nitrogen functional groups attached to an aromatic ring is 1. The molecule has 4 amide bonds. The number of piperidine rings is 2. The van der Waals surface area contributed by atoms with Crippen molar-refractivity contribution in [2.75, 3.05) is 31.2 Å². The number of nitrogens with zero attached hydrogens (tertiary/aromatic N) is 5. The van der Waals surface area contributed by atoms with E-state index in [1.807, 2.05) is 27.9 Å². The summed E-state index contributed by atoms with van der Waals surface area (Å²) in [6, 6.07) is 9.70. The highest BCUT2D eigenvalue weighted by Crippen LogP contribution is 2.35. The van der Waals surface area contributed by atoms with Crippen molar-refractivity contribution in [3.8, 4) is 16.9 Å². The van der Waals surface area contributed by atoms with Gasteiger partial charge in [-0.3, -0.25) is 29.2 Å². The van der Waals surface area contributed by atoms with Crippen LogP contribution in [0, 0.1) is 5.82 Å². The number of nitrogens with two attached hydrogens (primary N) is 1. The van der Waals surface area contributed by atoms with Crippen molar-refractivity contribution in [1.82, 2.24) is 29.9 Å². The molecule has 2 fully saturated rings. The topological polar surface area (TPSA) is 153 Å². The molecular weight excluding hydrogens is 780 g/mol. The number of unbranched alkanes of at least 4 members (excludes halogenated alkanes) is 2. The first-order chi connectivity index (χ1) is 27.1. The van der Waals surface area contributed by atoms with Gasteiger partial charge < -0.3 is 20.3 Å². The Morgan fingerprint density at radius 1 is 1.04 bits per heavy atom. The minimum absolute atomic E-state index is 0.0250. The molecule has 0 aliphatic carbocycles. The number of benzene rings is 2. The summed E-state index contributed by atoms with van der Waals surface area (Å²) in [5, 5.41) is 7.31. The van der Waals surface area contributed by atoms with Crippen molar-refractivity contribution < 1.29 is 28.3 Å². The van der Waals surface area contributed by atoms with Gasteiger partial charge in [-0.25, -0.2) is 9.37 Å². The van der Waals surface area contributed by atoms with Crippen molar-refractivity contribution in [3.05, 3.63) is 87.5 Å². The third-order valence-electron chi connectivity index (χ3n) is 10.6. The van der Waals surface area contributed by atoms with Crippen molar-refractivity contribution >= 4 is 64.4 Å². The minimum atomic E-state index is -0.629. The third-order valence-corrected chi connectivity index (χ3v) is 12.5. The summed E-state index contributed by atoms with van der Waals surface area (Å²) < 4.78 is 21.8. The molecule has 1 atom stereocenters. The number of amides is 4. The first-order valence-electron chi connectivity index (χ1n) is 18.8. The van der Waals surface area contributed by atoms with Crippen molar-refractivity contribution in [2.45, 2.75) is 81.3 Å². The van der Waals surface area contributed by atoms with Crippen LogP contribution in [0.15, 0.2) is 59.9 Å². The van der Waals surface area contributed by atoms with Crippen LogP contribution < -0.4 is 15.8 Å². The van der Waals surface area contributed by atoms with E-state index in [0.29, 0.717) is 54.4 Å². The lowest BCUT2D eigenvalue weighted by Crippen LogP contribution is -2.52. The van der Waals surface area contributed by atoms with E-state index < -0.39 is 17.8 Å². The zero-order chi connectivity index (χ0) is 39.3. The summed E-state index contributed by atoms with van der Waals surface area (Å²) in [5.74, 6) is 0.231. The number of likely N-dealkylation sites (tertiary alicyclic amines) is 1. The molecule has 4 aromatic rings. The van der Waals surface area contributed by atoms with Gasteiger partial charge in [-0.2, -0.15) is 5.10 Å². The third kappa shape index (κ3) is 8.82. The number of hydrogen-bond donors (Lipinski definition) is 2. The van der Waals surface area contributed by atoms with E-state index >= 15 is 0 Å². The number of anilines is 1. The number of aromatic nitrogens is 3. The number of carbonyl (C=O) groups excluding carboxylic acids is 4. The number of thioether (sulfide) groups is 1. The predicted molar refractivity (Wildman–Crippen MR) is 212 cm³/mol. The van der Waals surface area contributed by atoms with E-state index in [1.54, 1.807) is 41.2 Å². The standard InChI is InChI=1S/C40H42Cl2FN7O5S/c41-30-8-9-31(43)37(42)28(30)14-17-55-33-19-24(20-45-38(33)44)25-21-46-50(22-25)26-12-15-48(16-13-26)36(52)7-2-1-3-18-56-34-6-4-5-27-29(34)23-49(40(27)54)32-10-11-35(51)47-39(32)53/h4-6,8-9,19-22,26,32H,1-3,7,10-18,23H2,(H2,44,45)(H,47,51,53)/t32-/m1/s1. The highest BCUT2D eigenvalue weighted by atomic mass is 35.5. The summed E-state index contributed by atoms with van der Waals surface area (Å²) in [6.45, 7) is 1.87. The number of fused-ring (bicyclic) bond motifs is 1. The smallest absolute Gasteiger partial charge is 0.255 e. The molecule has 3 aliphatic rings. The molecule has 16 heteroatoms. The van der Waals surface area contributed by atoms with Crippen LogP contribution >= 0.6 is 35.0 Å². The van der Waals surface area contributed by atoms with E-state index in [1.165, 1.54) is 12.1 Å². The van der Waals surface area contributed by atoms with E-state index in [-0.39, 0.29) is 54.1 Å². The SMILES string of the molecule is Nc1ncc(-c2cnn(C3CCN(C(=O)CCCCCSc4cccc5c4CN([C@@H]4CCC(=O)NC4=O)C5=O)CC3)c2)cc1OCCc1c(Cl)ccc(F)c1Cl. The van der Waals surface area contributed by atoms with Gasteiger partial charge in [0, 0.05) is 77.9 Å². The Labute approximate surface area is 338 Å². The number of halogens is 3. The summed E-state index contributed by atoms with van der Waals surface area (Å²) in [5.41, 5.74) is 9.75. The van der Waals surface area contributed by atoms with Crippen LogP contribution in [0.4, 0.5) is 10.2 Å². The lowest BCUT2D eigenvalue weighted by atomic mass is 10.0. The molecule has 12 nitrogen and oxygen atoms in total. The lowest BCUT2D eigenvalue weighted by molar-refractivity contribution is -0.137. The van der Waals surface area contributed by atoms with Crippen molar-refractivity contribution in [2.24, 2.45) is 0 Å². The van der Waals surface area contributed by atoms with Crippen LogP contribution in [0.25, 0.3) is 11.1 Å². The molecule has 3 N–H and O–H groups in total. The molecule has 3 aliphatic heterocycles. The van der Waals surface area contributed by atoms with E-state index in [2.05, 4.69) is 15.4 Å². The number of imide groups is 1. The molecule has 2 saturated heterocycles. The van der Waals surface area contributed by atoms with Gasteiger partial charge in [0.1, 0.15) is 11.9 Å². The molecule has 2 aromatic carbocycles. The first-order valence-corrected chi connectivity index (χ1v) is 20.5. The van der Waals surface area contributed by atoms with Gasteiger partial charge in [-0.15, -0.1) is 11.8 Å². The fraction of sp³-hybridized carbons (Fsp3) is 0.400. The Kier molecular flexibility index (Phi) is 12.5. The fourth-order valence-electron chi connectivity index (χ4n) is 7.44. The van der Waals surface area contributed by atoms with E-state index in [0.717, 1.165) is 59.4 Å². The minimum Gasteiger partial charge on any atom is -0.489 e. The maximum atomic E-state index is 13.9. The Morgan fingerprint density at radius 3 is 2.66 bits per heavy atom. The van der Waals surface area contributed by atoms with Crippen LogP contribution in [-0.4, -0.2) is 79.7 Å². The quantitative estimate of drug-likeness (QED) is 0.0601. The van der Waals surface area contributed by atoms with Crippen molar-refractivity contribution in [1.29, 1.82) is 0 Å². The van der Waals surface area contributed by atoms with Gasteiger partial charge in [0.2, 0.25) is 17.7 Å². The van der Waals surface area contributed by atoms with E-state index in [4.69, 9.17) is 33.7 Å². The number of carbonyl (C=O) groups is 4. The second-order valence-corrected chi connectivity index (χ2v) is 16.1. The van der Waals surface area contributed by atoms with Gasteiger partial charge in [-0.05, 0) is 79.3 Å². The number of pyridine rings is 1. The monoisotopic (exact) mass is 821 g/mol. The number of rotatable bonds is 14.